The first-order valence-electron chi connectivity index (χ1n) is 6.44. The third-order valence-corrected chi connectivity index (χ3v) is 3.54. The van der Waals surface area contributed by atoms with Crippen molar-refractivity contribution in [2.45, 2.75) is 39.2 Å². The topological polar surface area (TPSA) is 108 Å². The third-order valence-electron chi connectivity index (χ3n) is 3.54. The summed E-state index contributed by atoms with van der Waals surface area (Å²) in [6.45, 7) is 3.81. The minimum absolute atomic E-state index is 0.115. The quantitative estimate of drug-likeness (QED) is 0.567. The maximum Gasteiger partial charge on any atom is 0.315 e. The molecule has 0 radical (unpaired) electrons. The highest BCUT2D eigenvalue weighted by atomic mass is 16.4. The molecule has 2 atom stereocenters. The lowest BCUT2D eigenvalue weighted by Gasteiger charge is -2.27. The number of carbonyl (C=O) groups is 3. The van der Waals surface area contributed by atoms with Gasteiger partial charge in [-0.25, -0.2) is 4.79 Å². The zero-order valence-corrected chi connectivity index (χ0v) is 11.3. The van der Waals surface area contributed by atoms with Crippen molar-refractivity contribution in [2.75, 3.05) is 13.1 Å². The van der Waals surface area contributed by atoms with Gasteiger partial charge in [0.25, 0.3) is 0 Å². The number of aliphatic carboxylic acids is 1. The lowest BCUT2D eigenvalue weighted by molar-refractivity contribution is -0.148. The first-order chi connectivity index (χ1) is 8.90. The predicted molar refractivity (Wildman–Crippen MR) is 68.6 cm³/mol. The minimum atomic E-state index is -0.928. The smallest absolute Gasteiger partial charge is 0.315 e. The third kappa shape index (κ3) is 3.84. The number of amides is 3. The van der Waals surface area contributed by atoms with Crippen LogP contribution in [0.4, 0.5) is 4.79 Å². The number of nitrogens with one attached hydrogen (secondary N) is 3. The molecule has 0 aromatic rings. The Balaban J connectivity index is 2.44. The van der Waals surface area contributed by atoms with Crippen molar-refractivity contribution in [3.8, 4) is 0 Å². The summed E-state index contributed by atoms with van der Waals surface area (Å²) >= 11 is 0. The fourth-order valence-electron chi connectivity index (χ4n) is 2.28. The van der Waals surface area contributed by atoms with E-state index in [2.05, 4.69) is 16.0 Å². The van der Waals surface area contributed by atoms with Crippen molar-refractivity contribution in [3.63, 3.8) is 0 Å². The molecule has 1 fully saturated rings. The molecule has 108 valence electrons. The van der Waals surface area contributed by atoms with Crippen LogP contribution < -0.4 is 16.0 Å². The number of carboxylic acid groups (broad SMARTS) is 1. The standard InChI is InChI=1S/C12H21N3O4/c1-3-13-9(16)7-14-11(19)15-8-5-4-6-12(8,2)10(17)18/h8H,3-7H2,1-2H3,(H,13,16)(H,17,18)(H2,14,15,19). The summed E-state index contributed by atoms with van der Waals surface area (Å²) in [5.74, 6) is -1.18. The normalized spacial score (nSPS) is 25.7. The molecule has 0 aliphatic heterocycles. The van der Waals surface area contributed by atoms with Gasteiger partial charge in [0.2, 0.25) is 5.91 Å². The largest absolute Gasteiger partial charge is 0.481 e. The molecule has 4 N–H and O–H groups in total. The Labute approximate surface area is 112 Å². The van der Waals surface area contributed by atoms with E-state index in [0.717, 1.165) is 6.42 Å². The second kappa shape index (κ2) is 6.40. The number of hydrogen-bond donors (Lipinski definition) is 4. The van der Waals surface area contributed by atoms with Gasteiger partial charge in [-0.1, -0.05) is 6.42 Å². The monoisotopic (exact) mass is 271 g/mol. The van der Waals surface area contributed by atoms with E-state index >= 15 is 0 Å². The van der Waals surface area contributed by atoms with E-state index in [4.69, 9.17) is 0 Å². The SMILES string of the molecule is CCNC(=O)CNC(=O)NC1CCCC1(C)C(=O)O. The lowest BCUT2D eigenvalue weighted by Crippen LogP contribution is -2.51. The van der Waals surface area contributed by atoms with Gasteiger partial charge in [0.15, 0.2) is 0 Å². The fraction of sp³-hybridized carbons (Fsp3) is 0.750. The molecule has 0 saturated heterocycles. The predicted octanol–water partition coefficient (Wildman–Crippen LogP) is 0.0651. The molecule has 7 nitrogen and oxygen atoms in total. The highest BCUT2D eigenvalue weighted by molar-refractivity contribution is 5.84. The average Bonchev–Trinajstić information content (AvgIpc) is 2.70. The van der Waals surface area contributed by atoms with Gasteiger partial charge in [-0.15, -0.1) is 0 Å². The van der Waals surface area contributed by atoms with Crippen LogP contribution >= 0.6 is 0 Å². The molecule has 2 unspecified atom stereocenters. The van der Waals surface area contributed by atoms with Crippen LogP contribution in [0, 0.1) is 5.41 Å². The number of carboxylic acids is 1. The second-order valence-electron chi connectivity index (χ2n) is 4.95. The number of hydrogen-bond acceptors (Lipinski definition) is 3. The van der Waals surface area contributed by atoms with Crippen LogP contribution in [0.25, 0.3) is 0 Å². The minimum Gasteiger partial charge on any atom is -0.481 e. The molecule has 0 heterocycles. The van der Waals surface area contributed by atoms with Crippen molar-refractivity contribution in [1.29, 1.82) is 0 Å². The maximum absolute atomic E-state index is 11.6. The van der Waals surface area contributed by atoms with E-state index in [1.165, 1.54) is 0 Å². The van der Waals surface area contributed by atoms with Crippen molar-refractivity contribution < 1.29 is 19.5 Å². The maximum atomic E-state index is 11.6. The van der Waals surface area contributed by atoms with Crippen LogP contribution in [0.5, 0.6) is 0 Å². The van der Waals surface area contributed by atoms with Crippen LogP contribution in [0.15, 0.2) is 0 Å². The number of carbonyl (C=O) groups excluding carboxylic acids is 2. The van der Waals surface area contributed by atoms with Crippen LogP contribution in [0.2, 0.25) is 0 Å². The summed E-state index contributed by atoms with van der Waals surface area (Å²) < 4.78 is 0. The van der Waals surface area contributed by atoms with E-state index in [-0.39, 0.29) is 12.5 Å². The number of likely N-dealkylation sites (N-methyl/N-ethyl adjacent to an activating group) is 1. The highest BCUT2D eigenvalue weighted by Gasteiger charge is 2.45. The van der Waals surface area contributed by atoms with Gasteiger partial charge >= 0.3 is 12.0 Å². The van der Waals surface area contributed by atoms with E-state index < -0.39 is 23.5 Å². The lowest BCUT2D eigenvalue weighted by atomic mass is 9.85. The van der Waals surface area contributed by atoms with Gasteiger partial charge in [-0.05, 0) is 26.7 Å². The molecular formula is C12H21N3O4. The van der Waals surface area contributed by atoms with E-state index in [1.807, 2.05) is 0 Å². The Kier molecular flexibility index (Phi) is 5.14. The van der Waals surface area contributed by atoms with Crippen molar-refractivity contribution in [3.05, 3.63) is 0 Å². The summed E-state index contributed by atoms with van der Waals surface area (Å²) in [6, 6.07) is -0.912. The molecule has 1 rings (SSSR count). The van der Waals surface area contributed by atoms with Crippen LogP contribution in [0.1, 0.15) is 33.1 Å². The van der Waals surface area contributed by atoms with Crippen LogP contribution in [0.3, 0.4) is 0 Å². The number of urea groups is 1. The Morgan fingerprint density at radius 3 is 2.58 bits per heavy atom. The molecule has 19 heavy (non-hydrogen) atoms. The first-order valence-corrected chi connectivity index (χ1v) is 6.44. The molecule has 1 saturated carbocycles. The van der Waals surface area contributed by atoms with E-state index in [9.17, 15) is 19.5 Å². The van der Waals surface area contributed by atoms with Crippen molar-refractivity contribution in [2.24, 2.45) is 5.41 Å². The Morgan fingerprint density at radius 1 is 1.32 bits per heavy atom. The molecular weight excluding hydrogens is 250 g/mol. The van der Waals surface area contributed by atoms with Crippen LogP contribution in [-0.2, 0) is 9.59 Å². The van der Waals surface area contributed by atoms with Gasteiger partial charge in [-0.2, -0.15) is 0 Å². The average molecular weight is 271 g/mol. The van der Waals surface area contributed by atoms with Crippen LogP contribution in [-0.4, -0.2) is 42.1 Å². The van der Waals surface area contributed by atoms with E-state index in [0.29, 0.717) is 19.4 Å². The molecule has 3 amide bonds. The Bertz CT molecular complexity index is 372. The highest BCUT2D eigenvalue weighted by Crippen LogP contribution is 2.38. The first kappa shape index (κ1) is 15.3. The van der Waals surface area contributed by atoms with Crippen molar-refractivity contribution in [1.82, 2.24) is 16.0 Å². The molecule has 7 heteroatoms. The summed E-state index contributed by atoms with van der Waals surface area (Å²) in [4.78, 5) is 34.0. The van der Waals surface area contributed by atoms with Crippen molar-refractivity contribution >= 4 is 17.9 Å². The molecule has 1 aliphatic carbocycles. The fourth-order valence-corrected chi connectivity index (χ4v) is 2.28. The molecule has 0 aromatic carbocycles. The molecule has 1 aliphatic rings. The number of rotatable bonds is 5. The summed E-state index contributed by atoms with van der Waals surface area (Å²) in [7, 11) is 0. The Morgan fingerprint density at radius 2 is 2.00 bits per heavy atom. The van der Waals surface area contributed by atoms with Gasteiger partial charge in [0, 0.05) is 12.6 Å². The summed E-state index contributed by atoms with van der Waals surface area (Å²) in [6.07, 6.45) is 1.95. The van der Waals surface area contributed by atoms with Gasteiger partial charge in [0.1, 0.15) is 0 Å². The summed E-state index contributed by atoms with van der Waals surface area (Å²) in [5.41, 5.74) is -0.928. The van der Waals surface area contributed by atoms with E-state index in [1.54, 1.807) is 13.8 Å². The second-order valence-corrected chi connectivity index (χ2v) is 4.95. The zero-order chi connectivity index (χ0) is 14.5. The van der Waals surface area contributed by atoms with Gasteiger partial charge < -0.3 is 21.1 Å². The van der Waals surface area contributed by atoms with Gasteiger partial charge in [0.05, 0.1) is 12.0 Å². The van der Waals surface area contributed by atoms with Gasteiger partial charge in [-0.3, -0.25) is 9.59 Å². The molecule has 0 spiro atoms. The summed E-state index contributed by atoms with van der Waals surface area (Å²) in [5, 5.41) is 16.8. The zero-order valence-electron chi connectivity index (χ0n) is 11.3. The molecule has 0 bridgehead atoms. The Hall–Kier alpha value is -1.79. The molecule has 0 aromatic heterocycles.